The van der Waals surface area contributed by atoms with Crippen molar-refractivity contribution in [2.24, 2.45) is 0 Å². The number of benzene rings is 4. The molecule has 0 heterocycles. The molecule has 0 bridgehead atoms. The first-order valence-corrected chi connectivity index (χ1v) is 11.5. The summed E-state index contributed by atoms with van der Waals surface area (Å²) in [6.45, 7) is 2.92. The number of rotatable bonds is 7. The minimum absolute atomic E-state index is 0.447. The zero-order valence-electron chi connectivity index (χ0n) is 17.7. The first-order valence-electron chi connectivity index (χ1n) is 10.4. The van der Waals surface area contributed by atoms with Crippen LogP contribution in [0.2, 0.25) is 0 Å². The SMILES string of the molecule is CCOc1cc(/C=C(/C#N)c2ccc(I)cc2)ccc1OCc1cccc2ccccc12. The monoisotopic (exact) mass is 531 g/mol. The molecule has 0 unspecified atom stereocenters. The Morgan fingerprint density at radius 3 is 2.47 bits per heavy atom. The molecule has 0 aromatic heterocycles. The minimum atomic E-state index is 0.447. The van der Waals surface area contributed by atoms with Crippen molar-refractivity contribution < 1.29 is 9.47 Å². The summed E-state index contributed by atoms with van der Waals surface area (Å²) >= 11 is 2.26. The lowest BCUT2D eigenvalue weighted by atomic mass is 10.0. The predicted octanol–water partition coefficient (Wildman–Crippen LogP) is 7.49. The fourth-order valence-corrected chi connectivity index (χ4v) is 3.91. The Morgan fingerprint density at radius 1 is 0.906 bits per heavy atom. The third-order valence-electron chi connectivity index (χ3n) is 5.12. The van der Waals surface area contributed by atoms with E-state index < -0.39 is 0 Å². The number of nitrogens with zero attached hydrogens (tertiary/aromatic N) is 1. The van der Waals surface area contributed by atoms with E-state index in [1.807, 2.05) is 73.7 Å². The Labute approximate surface area is 202 Å². The van der Waals surface area contributed by atoms with Crippen molar-refractivity contribution in [3.8, 4) is 17.6 Å². The van der Waals surface area contributed by atoms with Crippen LogP contribution in [-0.2, 0) is 6.61 Å². The second-order valence-corrected chi connectivity index (χ2v) is 8.49. The topological polar surface area (TPSA) is 42.2 Å². The van der Waals surface area contributed by atoms with Gasteiger partial charge in [0, 0.05) is 3.57 Å². The normalized spacial score (nSPS) is 11.2. The lowest BCUT2D eigenvalue weighted by molar-refractivity contribution is 0.270. The van der Waals surface area contributed by atoms with Crippen LogP contribution < -0.4 is 9.47 Å². The molecule has 158 valence electrons. The van der Waals surface area contributed by atoms with Gasteiger partial charge in [0.15, 0.2) is 11.5 Å². The Hall–Kier alpha value is -3.30. The van der Waals surface area contributed by atoms with E-state index in [0.29, 0.717) is 30.3 Å². The van der Waals surface area contributed by atoms with Gasteiger partial charge < -0.3 is 9.47 Å². The lowest BCUT2D eigenvalue weighted by Crippen LogP contribution is -2.00. The molecule has 0 N–H and O–H groups in total. The summed E-state index contributed by atoms with van der Waals surface area (Å²) in [6.07, 6.45) is 1.87. The van der Waals surface area contributed by atoms with E-state index in [1.165, 1.54) is 10.8 Å². The molecule has 0 saturated heterocycles. The molecule has 0 radical (unpaired) electrons. The van der Waals surface area contributed by atoms with Crippen LogP contribution in [0.3, 0.4) is 0 Å². The maximum atomic E-state index is 9.66. The highest BCUT2D eigenvalue weighted by Gasteiger charge is 2.09. The van der Waals surface area contributed by atoms with Gasteiger partial charge in [-0.15, -0.1) is 0 Å². The molecule has 0 fully saturated rings. The molecule has 0 saturated carbocycles. The molecule has 0 amide bonds. The van der Waals surface area contributed by atoms with E-state index in [-0.39, 0.29) is 0 Å². The molecule has 0 aliphatic carbocycles. The molecule has 3 nitrogen and oxygen atoms in total. The van der Waals surface area contributed by atoms with Crippen LogP contribution >= 0.6 is 22.6 Å². The Kier molecular flexibility index (Phi) is 7.08. The first kappa shape index (κ1) is 21.9. The van der Waals surface area contributed by atoms with Gasteiger partial charge in [-0.05, 0) is 87.3 Å². The summed E-state index contributed by atoms with van der Waals surface area (Å²) in [5.74, 6) is 1.35. The van der Waals surface area contributed by atoms with Crippen molar-refractivity contribution in [1.29, 1.82) is 5.26 Å². The minimum Gasteiger partial charge on any atom is -0.490 e. The quantitative estimate of drug-likeness (QED) is 0.141. The molecule has 0 spiro atoms. The van der Waals surface area contributed by atoms with E-state index in [1.54, 1.807) is 0 Å². The number of fused-ring (bicyclic) bond motifs is 1. The van der Waals surface area contributed by atoms with E-state index in [4.69, 9.17) is 9.47 Å². The molecule has 32 heavy (non-hydrogen) atoms. The number of nitriles is 1. The van der Waals surface area contributed by atoms with Gasteiger partial charge in [-0.2, -0.15) is 5.26 Å². The summed E-state index contributed by atoms with van der Waals surface area (Å²) in [5.41, 5.74) is 3.51. The van der Waals surface area contributed by atoms with Crippen LogP contribution in [0.1, 0.15) is 23.6 Å². The van der Waals surface area contributed by atoms with Gasteiger partial charge in [-0.1, -0.05) is 60.7 Å². The van der Waals surface area contributed by atoms with Crippen LogP contribution in [0, 0.1) is 14.9 Å². The van der Waals surface area contributed by atoms with Crippen LogP contribution in [0.4, 0.5) is 0 Å². The van der Waals surface area contributed by atoms with Crippen molar-refractivity contribution in [2.45, 2.75) is 13.5 Å². The molecule has 4 rings (SSSR count). The summed E-state index contributed by atoms with van der Waals surface area (Å²) in [5, 5.41) is 12.0. The van der Waals surface area contributed by atoms with E-state index in [9.17, 15) is 5.26 Å². The maximum absolute atomic E-state index is 9.66. The summed E-state index contributed by atoms with van der Waals surface area (Å²) < 4.78 is 13.1. The number of ether oxygens (including phenoxy) is 2. The molecular weight excluding hydrogens is 509 g/mol. The van der Waals surface area contributed by atoms with Gasteiger partial charge in [-0.25, -0.2) is 0 Å². The van der Waals surface area contributed by atoms with Crippen LogP contribution in [0.15, 0.2) is 84.9 Å². The third kappa shape index (κ3) is 5.12. The maximum Gasteiger partial charge on any atom is 0.161 e. The second-order valence-electron chi connectivity index (χ2n) is 7.24. The van der Waals surface area contributed by atoms with Crippen molar-refractivity contribution in [3.63, 3.8) is 0 Å². The molecule has 0 aliphatic heterocycles. The fraction of sp³-hybridized carbons (Fsp3) is 0.107. The second kappa shape index (κ2) is 10.3. The zero-order chi connectivity index (χ0) is 22.3. The van der Waals surface area contributed by atoms with Gasteiger partial charge in [0.05, 0.1) is 18.2 Å². The largest absolute Gasteiger partial charge is 0.490 e. The molecular formula is C28H22INO2. The lowest BCUT2D eigenvalue weighted by Gasteiger charge is -2.14. The smallest absolute Gasteiger partial charge is 0.161 e. The van der Waals surface area contributed by atoms with Crippen molar-refractivity contribution in [2.75, 3.05) is 6.61 Å². The van der Waals surface area contributed by atoms with Gasteiger partial charge >= 0.3 is 0 Å². The van der Waals surface area contributed by atoms with Gasteiger partial charge in [0.25, 0.3) is 0 Å². The Balaban J connectivity index is 1.60. The van der Waals surface area contributed by atoms with E-state index in [0.717, 1.165) is 20.3 Å². The number of allylic oxidation sites excluding steroid dienone is 1. The van der Waals surface area contributed by atoms with Crippen molar-refractivity contribution >= 4 is 45.0 Å². The van der Waals surface area contributed by atoms with Crippen molar-refractivity contribution in [1.82, 2.24) is 0 Å². The average Bonchev–Trinajstić information content (AvgIpc) is 2.83. The number of hydrogen-bond donors (Lipinski definition) is 0. The zero-order valence-corrected chi connectivity index (χ0v) is 19.9. The van der Waals surface area contributed by atoms with Crippen molar-refractivity contribution in [3.05, 3.63) is 105 Å². The number of halogens is 1. The molecule has 4 heteroatoms. The molecule has 0 aliphatic rings. The molecule has 0 atom stereocenters. The van der Waals surface area contributed by atoms with Crippen LogP contribution in [0.5, 0.6) is 11.5 Å². The fourth-order valence-electron chi connectivity index (χ4n) is 3.55. The van der Waals surface area contributed by atoms with Gasteiger partial charge in [0.1, 0.15) is 6.61 Å². The summed E-state index contributed by atoms with van der Waals surface area (Å²) in [7, 11) is 0. The van der Waals surface area contributed by atoms with Gasteiger partial charge in [-0.3, -0.25) is 0 Å². The summed E-state index contributed by atoms with van der Waals surface area (Å²) in [6, 6.07) is 30.5. The highest BCUT2D eigenvalue weighted by Crippen LogP contribution is 2.31. The molecule has 4 aromatic carbocycles. The van der Waals surface area contributed by atoms with E-state index >= 15 is 0 Å². The summed E-state index contributed by atoms with van der Waals surface area (Å²) in [4.78, 5) is 0. The van der Waals surface area contributed by atoms with Gasteiger partial charge in [0.2, 0.25) is 0 Å². The standard InChI is InChI=1S/C28H22INO2/c1-2-31-28-17-20(16-24(18-30)21-11-13-25(29)14-12-21)10-15-27(28)32-19-23-8-5-7-22-6-3-4-9-26(22)23/h3-17H,2,19H2,1H3/b24-16-. The van der Waals surface area contributed by atoms with E-state index in [2.05, 4.69) is 52.9 Å². The van der Waals surface area contributed by atoms with Crippen LogP contribution in [0.25, 0.3) is 22.4 Å². The first-order chi connectivity index (χ1) is 15.7. The van der Waals surface area contributed by atoms with Crippen LogP contribution in [-0.4, -0.2) is 6.61 Å². The number of hydrogen-bond acceptors (Lipinski definition) is 3. The average molecular weight is 531 g/mol. The Bertz CT molecular complexity index is 1300. The predicted molar refractivity (Wildman–Crippen MR) is 139 cm³/mol. The highest BCUT2D eigenvalue weighted by atomic mass is 127. The Morgan fingerprint density at radius 2 is 1.69 bits per heavy atom. The third-order valence-corrected chi connectivity index (χ3v) is 5.84. The molecule has 4 aromatic rings. The highest BCUT2D eigenvalue weighted by molar-refractivity contribution is 14.1.